The molecular weight excluding hydrogens is 166 g/mol. The lowest BCUT2D eigenvalue weighted by molar-refractivity contribution is 0.497. The van der Waals surface area contributed by atoms with Crippen LogP contribution < -0.4 is 10.9 Å². The monoisotopic (exact) mass is 179 g/mol. The van der Waals surface area contributed by atoms with Crippen molar-refractivity contribution in [1.82, 2.24) is 14.9 Å². The quantitative estimate of drug-likeness (QED) is 0.695. The molecule has 0 saturated carbocycles. The minimum atomic E-state index is -0.0174. The smallest absolute Gasteiger partial charge is 0.269 e. The fraction of sp³-hybridized carbons (Fsp3) is 0.556. The lowest BCUT2D eigenvalue weighted by atomic mass is 10.2. The van der Waals surface area contributed by atoms with Gasteiger partial charge in [0, 0.05) is 25.0 Å². The summed E-state index contributed by atoms with van der Waals surface area (Å²) in [7, 11) is 0. The van der Waals surface area contributed by atoms with E-state index < -0.39 is 0 Å². The zero-order valence-corrected chi connectivity index (χ0v) is 7.44. The molecule has 1 aliphatic heterocycles. The first kappa shape index (κ1) is 8.44. The lowest BCUT2D eigenvalue weighted by Crippen LogP contribution is -2.31. The third kappa shape index (κ3) is 1.95. The summed E-state index contributed by atoms with van der Waals surface area (Å²) in [4.78, 5) is 15.0. The van der Waals surface area contributed by atoms with Crippen LogP contribution in [0.25, 0.3) is 0 Å². The van der Waals surface area contributed by atoms with Crippen LogP contribution >= 0.6 is 0 Å². The summed E-state index contributed by atoms with van der Waals surface area (Å²) in [5, 5.41) is 3.35. The zero-order valence-electron chi connectivity index (χ0n) is 7.44. The predicted octanol–water partition coefficient (Wildman–Crippen LogP) is -0.00470. The van der Waals surface area contributed by atoms with Crippen molar-refractivity contribution in [3.8, 4) is 0 Å². The largest absolute Gasteiger partial charge is 0.312 e. The van der Waals surface area contributed by atoms with E-state index >= 15 is 0 Å². The fourth-order valence-corrected chi connectivity index (χ4v) is 1.67. The van der Waals surface area contributed by atoms with Gasteiger partial charge in [-0.25, -0.2) is 0 Å². The second-order valence-corrected chi connectivity index (χ2v) is 3.36. The Morgan fingerprint density at radius 3 is 3.31 bits per heavy atom. The first-order chi connectivity index (χ1) is 6.36. The molecule has 1 saturated heterocycles. The van der Waals surface area contributed by atoms with E-state index in [1.54, 1.807) is 17.0 Å². The molecule has 1 aliphatic rings. The van der Waals surface area contributed by atoms with Crippen LogP contribution in [-0.2, 0) is 6.54 Å². The van der Waals surface area contributed by atoms with Crippen molar-refractivity contribution >= 4 is 0 Å². The van der Waals surface area contributed by atoms with Crippen LogP contribution in [0.4, 0.5) is 0 Å². The second-order valence-electron chi connectivity index (χ2n) is 3.36. The normalized spacial score (nSPS) is 22.0. The number of hydrogen-bond acceptors (Lipinski definition) is 3. The van der Waals surface area contributed by atoms with Gasteiger partial charge in [-0.05, 0) is 19.4 Å². The van der Waals surface area contributed by atoms with Crippen LogP contribution in [-0.4, -0.2) is 22.1 Å². The number of aromatic nitrogens is 2. The van der Waals surface area contributed by atoms with Crippen molar-refractivity contribution in [2.24, 2.45) is 0 Å². The van der Waals surface area contributed by atoms with Gasteiger partial charge in [0.15, 0.2) is 0 Å². The molecule has 2 heterocycles. The molecule has 4 heteroatoms. The Hall–Kier alpha value is -1.16. The van der Waals surface area contributed by atoms with E-state index in [0.29, 0.717) is 6.04 Å². The highest BCUT2D eigenvalue weighted by atomic mass is 16.1. The van der Waals surface area contributed by atoms with Gasteiger partial charge in [-0.3, -0.25) is 9.78 Å². The molecule has 0 amide bonds. The van der Waals surface area contributed by atoms with Crippen molar-refractivity contribution in [1.29, 1.82) is 0 Å². The standard InChI is InChI=1S/C9H13N3O/c13-9-6-10-4-5-12(9)7-8-2-1-3-11-8/h4-6,8,11H,1-3,7H2/t8-/m1/s1. The molecule has 0 bridgehead atoms. The van der Waals surface area contributed by atoms with Crippen molar-refractivity contribution in [2.45, 2.75) is 25.4 Å². The number of hydrogen-bond donors (Lipinski definition) is 1. The highest BCUT2D eigenvalue weighted by Gasteiger charge is 2.14. The number of rotatable bonds is 2. The summed E-state index contributed by atoms with van der Waals surface area (Å²) < 4.78 is 1.70. The molecule has 2 rings (SSSR count). The topological polar surface area (TPSA) is 46.9 Å². The van der Waals surface area contributed by atoms with Gasteiger partial charge in [-0.1, -0.05) is 0 Å². The SMILES string of the molecule is O=c1cnccn1C[C@H]1CCCN1. The Morgan fingerprint density at radius 1 is 1.69 bits per heavy atom. The maximum Gasteiger partial charge on any atom is 0.269 e. The van der Waals surface area contributed by atoms with Gasteiger partial charge in [-0.2, -0.15) is 0 Å². The minimum absolute atomic E-state index is 0.0174. The van der Waals surface area contributed by atoms with Gasteiger partial charge < -0.3 is 9.88 Å². The zero-order chi connectivity index (χ0) is 9.10. The average molecular weight is 179 g/mol. The number of nitrogens with one attached hydrogen (secondary N) is 1. The maximum absolute atomic E-state index is 11.3. The Labute approximate surface area is 76.6 Å². The van der Waals surface area contributed by atoms with E-state index in [0.717, 1.165) is 19.5 Å². The molecule has 4 nitrogen and oxygen atoms in total. The van der Waals surface area contributed by atoms with E-state index in [4.69, 9.17) is 0 Å². The van der Waals surface area contributed by atoms with Gasteiger partial charge >= 0.3 is 0 Å². The summed E-state index contributed by atoms with van der Waals surface area (Å²) in [5.74, 6) is 0. The van der Waals surface area contributed by atoms with Crippen LogP contribution in [0.2, 0.25) is 0 Å². The number of nitrogens with zero attached hydrogens (tertiary/aromatic N) is 2. The van der Waals surface area contributed by atoms with Crippen molar-refractivity contribution in [2.75, 3.05) is 6.54 Å². The lowest BCUT2D eigenvalue weighted by Gasteiger charge is -2.11. The van der Waals surface area contributed by atoms with Gasteiger partial charge in [0.1, 0.15) is 0 Å². The first-order valence-electron chi connectivity index (χ1n) is 4.60. The molecule has 13 heavy (non-hydrogen) atoms. The molecule has 1 aromatic heterocycles. The maximum atomic E-state index is 11.3. The summed E-state index contributed by atoms with van der Waals surface area (Å²) >= 11 is 0. The molecule has 0 aromatic carbocycles. The van der Waals surface area contributed by atoms with E-state index in [2.05, 4.69) is 10.3 Å². The highest BCUT2D eigenvalue weighted by molar-refractivity contribution is 4.83. The van der Waals surface area contributed by atoms with Crippen LogP contribution in [0.5, 0.6) is 0 Å². The van der Waals surface area contributed by atoms with E-state index in [-0.39, 0.29) is 5.56 Å². The molecule has 1 aromatic rings. The van der Waals surface area contributed by atoms with Gasteiger partial charge in [0.05, 0.1) is 6.20 Å². The Bertz CT molecular complexity index is 328. The predicted molar refractivity (Wildman–Crippen MR) is 49.5 cm³/mol. The molecule has 1 fully saturated rings. The van der Waals surface area contributed by atoms with E-state index in [1.807, 2.05) is 0 Å². The third-order valence-electron chi connectivity index (χ3n) is 2.38. The molecule has 0 aliphatic carbocycles. The van der Waals surface area contributed by atoms with Crippen molar-refractivity contribution < 1.29 is 0 Å². The fourth-order valence-electron chi connectivity index (χ4n) is 1.67. The molecule has 1 N–H and O–H groups in total. The molecule has 70 valence electrons. The van der Waals surface area contributed by atoms with Crippen LogP contribution in [0.15, 0.2) is 23.4 Å². The molecule has 0 radical (unpaired) electrons. The highest BCUT2D eigenvalue weighted by Crippen LogP contribution is 2.05. The summed E-state index contributed by atoms with van der Waals surface area (Å²) in [5.41, 5.74) is -0.0174. The molecule has 0 spiro atoms. The van der Waals surface area contributed by atoms with E-state index in [9.17, 15) is 4.79 Å². The Balaban J connectivity index is 2.08. The van der Waals surface area contributed by atoms with Crippen LogP contribution in [0, 0.1) is 0 Å². The molecule has 0 unspecified atom stereocenters. The van der Waals surface area contributed by atoms with Crippen LogP contribution in [0.1, 0.15) is 12.8 Å². The second kappa shape index (κ2) is 3.70. The Morgan fingerprint density at radius 2 is 2.62 bits per heavy atom. The van der Waals surface area contributed by atoms with Crippen molar-refractivity contribution in [3.63, 3.8) is 0 Å². The Kier molecular flexibility index (Phi) is 2.40. The third-order valence-corrected chi connectivity index (χ3v) is 2.38. The summed E-state index contributed by atoms with van der Waals surface area (Å²) in [6.07, 6.45) is 7.12. The minimum Gasteiger partial charge on any atom is -0.312 e. The first-order valence-corrected chi connectivity index (χ1v) is 4.60. The van der Waals surface area contributed by atoms with Crippen LogP contribution in [0.3, 0.4) is 0 Å². The summed E-state index contributed by atoms with van der Waals surface area (Å²) in [6, 6.07) is 0.458. The molecule has 1 atom stereocenters. The van der Waals surface area contributed by atoms with Gasteiger partial charge in [0.25, 0.3) is 5.56 Å². The van der Waals surface area contributed by atoms with Crippen molar-refractivity contribution in [3.05, 3.63) is 28.9 Å². The summed E-state index contributed by atoms with van der Waals surface area (Å²) in [6.45, 7) is 1.84. The average Bonchev–Trinajstić information content (AvgIpc) is 2.61. The van der Waals surface area contributed by atoms with Gasteiger partial charge in [-0.15, -0.1) is 0 Å². The van der Waals surface area contributed by atoms with E-state index in [1.165, 1.54) is 12.6 Å². The molecular formula is C9H13N3O. The van der Waals surface area contributed by atoms with Gasteiger partial charge in [0.2, 0.25) is 0 Å².